The van der Waals surface area contributed by atoms with Crippen LogP contribution in [0.1, 0.15) is 37.9 Å². The molecule has 1 amide bonds. The highest BCUT2D eigenvalue weighted by Crippen LogP contribution is 2.29. The van der Waals surface area contributed by atoms with E-state index in [4.69, 9.17) is 0 Å². The Morgan fingerprint density at radius 2 is 1.74 bits per heavy atom. The molecule has 0 saturated heterocycles. The van der Waals surface area contributed by atoms with Crippen LogP contribution in [0.2, 0.25) is 0 Å². The molecule has 1 N–H and O–H groups in total. The molecule has 1 unspecified atom stereocenters. The van der Waals surface area contributed by atoms with Crippen LogP contribution in [-0.4, -0.2) is 42.5 Å². The number of amides is 1. The molecule has 170 valence electrons. The number of nitrogens with one attached hydrogen (secondary N) is 1. The number of carbonyl (C=O) groups is 1. The van der Waals surface area contributed by atoms with Crippen molar-refractivity contribution < 1.29 is 26.4 Å². The van der Waals surface area contributed by atoms with Crippen LogP contribution in [0.4, 0.5) is 13.2 Å². The molecule has 0 saturated carbocycles. The van der Waals surface area contributed by atoms with Crippen molar-refractivity contribution in [1.82, 2.24) is 14.6 Å². The number of sulfonamides is 1. The Labute approximate surface area is 184 Å². The fourth-order valence-corrected chi connectivity index (χ4v) is 4.89. The van der Waals surface area contributed by atoms with E-state index in [1.165, 1.54) is 22.5 Å². The lowest BCUT2D eigenvalue weighted by Gasteiger charge is -2.19. The highest BCUT2D eigenvalue weighted by molar-refractivity contribution is 7.99. The third-order valence-corrected chi connectivity index (χ3v) is 7.52. The van der Waals surface area contributed by atoms with E-state index in [0.717, 1.165) is 29.6 Å². The quantitative estimate of drug-likeness (QED) is 0.553. The van der Waals surface area contributed by atoms with Crippen LogP contribution in [0.5, 0.6) is 0 Å². The van der Waals surface area contributed by atoms with Crippen LogP contribution in [0.3, 0.4) is 0 Å². The summed E-state index contributed by atoms with van der Waals surface area (Å²) in [6.07, 6.45) is -3.72. The predicted molar refractivity (Wildman–Crippen MR) is 113 cm³/mol. The second-order valence-corrected chi connectivity index (χ2v) is 9.55. The van der Waals surface area contributed by atoms with Crippen LogP contribution >= 0.6 is 11.8 Å². The number of nitrogens with zero attached hydrogens (tertiary/aromatic N) is 2. The normalized spacial score (nSPS) is 13.3. The topological polar surface area (TPSA) is 79.4 Å². The van der Waals surface area contributed by atoms with E-state index in [1.54, 1.807) is 32.9 Å². The second-order valence-electron chi connectivity index (χ2n) is 6.62. The van der Waals surface area contributed by atoms with Crippen molar-refractivity contribution >= 4 is 27.7 Å². The Hall–Kier alpha value is -2.11. The summed E-state index contributed by atoms with van der Waals surface area (Å²) in [7, 11) is -3.55. The van der Waals surface area contributed by atoms with Crippen molar-refractivity contribution in [2.45, 2.75) is 42.9 Å². The van der Waals surface area contributed by atoms with E-state index >= 15 is 0 Å². The summed E-state index contributed by atoms with van der Waals surface area (Å²) in [6, 6.07) is 8.07. The maximum atomic E-state index is 12.6. The number of rotatable bonds is 9. The molecule has 31 heavy (non-hydrogen) atoms. The minimum absolute atomic E-state index is 0.0167. The molecule has 2 aromatic rings. The van der Waals surface area contributed by atoms with Crippen LogP contribution in [0.25, 0.3) is 0 Å². The lowest BCUT2D eigenvalue weighted by molar-refractivity contribution is -0.137. The maximum Gasteiger partial charge on any atom is 0.417 e. The summed E-state index contributed by atoms with van der Waals surface area (Å²) in [6.45, 7) is 6.04. The number of pyridine rings is 1. The molecule has 1 aromatic carbocycles. The lowest BCUT2D eigenvalue weighted by Crippen LogP contribution is -2.30. The number of carbonyl (C=O) groups excluding carboxylic acids is 1. The number of hydrogen-bond donors (Lipinski definition) is 1. The summed E-state index contributed by atoms with van der Waals surface area (Å²) < 4.78 is 64.1. The van der Waals surface area contributed by atoms with Crippen molar-refractivity contribution in [3.8, 4) is 0 Å². The van der Waals surface area contributed by atoms with Gasteiger partial charge in [-0.3, -0.25) is 4.79 Å². The zero-order chi connectivity index (χ0) is 23.2. The monoisotopic (exact) mass is 475 g/mol. The third kappa shape index (κ3) is 6.68. The highest BCUT2D eigenvalue weighted by Gasteiger charge is 2.30. The van der Waals surface area contributed by atoms with Gasteiger partial charge >= 0.3 is 6.18 Å². The summed E-state index contributed by atoms with van der Waals surface area (Å²) in [5.41, 5.74) is -0.120. The first-order valence-corrected chi connectivity index (χ1v) is 12.0. The number of thioether (sulfide) groups is 1. The van der Waals surface area contributed by atoms with Crippen LogP contribution < -0.4 is 5.32 Å². The van der Waals surface area contributed by atoms with Crippen molar-refractivity contribution in [3.63, 3.8) is 0 Å². The lowest BCUT2D eigenvalue weighted by atomic mass is 10.1. The number of halogens is 3. The Morgan fingerprint density at radius 3 is 2.23 bits per heavy atom. The van der Waals surface area contributed by atoms with E-state index in [2.05, 4.69) is 10.3 Å². The van der Waals surface area contributed by atoms with Crippen molar-refractivity contribution in [3.05, 3.63) is 53.7 Å². The average Bonchev–Trinajstić information content (AvgIpc) is 2.72. The maximum absolute atomic E-state index is 12.6. The smallest absolute Gasteiger partial charge is 0.349 e. The Morgan fingerprint density at radius 1 is 1.13 bits per heavy atom. The Balaban J connectivity index is 1.94. The molecule has 11 heteroatoms. The molecule has 0 aliphatic heterocycles. The number of alkyl halides is 3. The van der Waals surface area contributed by atoms with E-state index in [9.17, 15) is 26.4 Å². The third-order valence-electron chi connectivity index (χ3n) is 4.52. The molecule has 1 atom stereocenters. The highest BCUT2D eigenvalue weighted by atomic mass is 32.2. The van der Waals surface area contributed by atoms with Gasteiger partial charge in [0.1, 0.15) is 0 Å². The van der Waals surface area contributed by atoms with Crippen molar-refractivity contribution in [2.75, 3.05) is 18.8 Å². The van der Waals surface area contributed by atoms with Gasteiger partial charge in [-0.1, -0.05) is 37.7 Å². The van der Waals surface area contributed by atoms with Crippen molar-refractivity contribution in [2.24, 2.45) is 0 Å². The second kappa shape index (κ2) is 10.5. The van der Waals surface area contributed by atoms with Crippen molar-refractivity contribution in [1.29, 1.82) is 0 Å². The fraction of sp³-hybridized carbons (Fsp3) is 0.400. The van der Waals surface area contributed by atoms with E-state index in [1.807, 2.05) is 0 Å². The first-order chi connectivity index (χ1) is 14.5. The molecule has 0 bridgehead atoms. The minimum Gasteiger partial charge on any atom is -0.349 e. The van der Waals surface area contributed by atoms with Gasteiger partial charge < -0.3 is 5.32 Å². The van der Waals surface area contributed by atoms with E-state index in [0.29, 0.717) is 18.1 Å². The van der Waals surface area contributed by atoms with Gasteiger partial charge in [0.15, 0.2) is 0 Å². The Kier molecular flexibility index (Phi) is 8.49. The molecule has 0 radical (unpaired) electrons. The number of hydrogen-bond acceptors (Lipinski definition) is 5. The number of benzene rings is 1. The van der Waals surface area contributed by atoms with Gasteiger partial charge in [-0.2, -0.15) is 17.5 Å². The molecule has 0 spiro atoms. The van der Waals surface area contributed by atoms with Gasteiger partial charge in [-0.05, 0) is 36.8 Å². The van der Waals surface area contributed by atoms with Crippen LogP contribution in [-0.2, 0) is 21.0 Å². The van der Waals surface area contributed by atoms with Gasteiger partial charge in [-0.15, -0.1) is 0 Å². The van der Waals surface area contributed by atoms with E-state index < -0.39 is 21.8 Å². The largest absolute Gasteiger partial charge is 0.417 e. The zero-order valence-corrected chi connectivity index (χ0v) is 18.9. The molecule has 1 aromatic heterocycles. The predicted octanol–water partition coefficient (Wildman–Crippen LogP) is 4.10. The number of aromatic nitrogens is 1. The minimum atomic E-state index is -4.46. The molecule has 1 heterocycles. The standard InChI is InChI=1S/C20H24F3N3O3S2/c1-4-26(5-2)31(28,29)17-9-6-15(7-10-17)14(3)25-18(27)13-30-19-11-8-16(12-24-19)20(21,22)23/h6-12,14H,4-5,13H2,1-3H3,(H,25,27). The van der Waals surface area contributed by atoms with Crippen LogP contribution in [0.15, 0.2) is 52.5 Å². The molecule has 0 aliphatic carbocycles. The van der Waals surface area contributed by atoms with Gasteiger partial charge in [0.05, 0.1) is 27.3 Å². The van der Waals surface area contributed by atoms with Gasteiger partial charge in [0, 0.05) is 19.3 Å². The average molecular weight is 476 g/mol. The molecule has 0 aliphatic rings. The molecule has 6 nitrogen and oxygen atoms in total. The SMILES string of the molecule is CCN(CC)S(=O)(=O)c1ccc(C(C)NC(=O)CSc2ccc(C(F)(F)F)cn2)cc1. The molecular weight excluding hydrogens is 451 g/mol. The molecule has 2 rings (SSSR count). The van der Waals surface area contributed by atoms with Gasteiger partial charge in [0.2, 0.25) is 15.9 Å². The Bertz CT molecular complexity index is 975. The van der Waals surface area contributed by atoms with Gasteiger partial charge in [0.25, 0.3) is 0 Å². The summed E-state index contributed by atoms with van der Waals surface area (Å²) >= 11 is 1.02. The summed E-state index contributed by atoms with van der Waals surface area (Å²) in [5, 5.41) is 3.09. The van der Waals surface area contributed by atoms with E-state index in [-0.39, 0.29) is 22.6 Å². The zero-order valence-electron chi connectivity index (χ0n) is 17.3. The summed E-state index contributed by atoms with van der Waals surface area (Å²) in [4.78, 5) is 16.1. The first-order valence-electron chi connectivity index (χ1n) is 9.54. The first kappa shape index (κ1) is 25.2. The van der Waals surface area contributed by atoms with Crippen LogP contribution in [0, 0.1) is 0 Å². The van der Waals surface area contributed by atoms with Gasteiger partial charge in [-0.25, -0.2) is 13.4 Å². The summed E-state index contributed by atoms with van der Waals surface area (Å²) in [5.74, 6) is -0.337. The fourth-order valence-electron chi connectivity index (χ4n) is 2.78. The molecule has 0 fully saturated rings. The molecular formula is C20H24F3N3O3S2.